The number of hydrogen-bond donors (Lipinski definition) is 0. The summed E-state index contributed by atoms with van der Waals surface area (Å²) >= 11 is 0. The quantitative estimate of drug-likeness (QED) is 0.476. The van der Waals surface area contributed by atoms with E-state index in [1.807, 2.05) is 0 Å². The van der Waals surface area contributed by atoms with Crippen molar-refractivity contribution in [2.45, 2.75) is 6.42 Å². The monoisotopic (exact) mass is 268 g/mol. The Morgan fingerprint density at radius 3 is 2.25 bits per heavy atom. The molecule has 100 valence electrons. The third-order valence-electron chi connectivity index (χ3n) is 3.34. The van der Waals surface area contributed by atoms with Crippen LogP contribution in [0.15, 0.2) is 48.8 Å². The van der Waals surface area contributed by atoms with Crippen LogP contribution in [0.1, 0.15) is 26.3 Å². The molecule has 0 unspecified atom stereocenters. The van der Waals surface area contributed by atoms with Crippen LogP contribution in [0.3, 0.4) is 0 Å². The summed E-state index contributed by atoms with van der Waals surface area (Å²) in [5.41, 5.74) is 1.69. The first kappa shape index (κ1) is 12.3. The summed E-state index contributed by atoms with van der Waals surface area (Å²) in [5, 5.41) is 11.2. The summed E-state index contributed by atoms with van der Waals surface area (Å²) < 4.78 is 0.706. The second-order valence-electron chi connectivity index (χ2n) is 4.63. The number of carbonyl (C=O) groups excluding carboxylic acids is 2. The Hall–Kier alpha value is -2.69. The number of aromatic nitrogens is 1. The van der Waals surface area contributed by atoms with Crippen molar-refractivity contribution in [1.29, 1.82) is 0 Å². The first-order chi connectivity index (χ1) is 9.66. The van der Waals surface area contributed by atoms with Crippen LogP contribution in [-0.4, -0.2) is 23.3 Å². The van der Waals surface area contributed by atoms with Gasteiger partial charge < -0.3 is 5.21 Å². The van der Waals surface area contributed by atoms with E-state index in [1.165, 1.54) is 17.3 Å². The number of rotatable bonds is 3. The van der Waals surface area contributed by atoms with Crippen LogP contribution >= 0.6 is 0 Å². The Balaban J connectivity index is 1.77. The van der Waals surface area contributed by atoms with Gasteiger partial charge in [0.2, 0.25) is 0 Å². The molecular weight excluding hydrogens is 256 g/mol. The highest BCUT2D eigenvalue weighted by Gasteiger charge is 2.34. The highest BCUT2D eigenvalue weighted by Crippen LogP contribution is 2.22. The van der Waals surface area contributed by atoms with Gasteiger partial charge >= 0.3 is 0 Å². The van der Waals surface area contributed by atoms with Crippen LogP contribution in [0, 0.1) is 5.21 Å². The average Bonchev–Trinajstić information content (AvgIpc) is 2.70. The molecule has 1 aliphatic heterocycles. The second kappa shape index (κ2) is 4.77. The molecule has 3 rings (SSSR count). The van der Waals surface area contributed by atoms with Gasteiger partial charge in [-0.2, -0.15) is 4.73 Å². The molecule has 1 aromatic carbocycles. The zero-order valence-corrected chi connectivity index (χ0v) is 10.7. The lowest BCUT2D eigenvalue weighted by Gasteiger charge is -2.13. The minimum atomic E-state index is -0.267. The first-order valence-corrected chi connectivity index (χ1v) is 6.30. The molecule has 2 heterocycles. The predicted octanol–water partition coefficient (Wildman–Crippen LogP) is 1.16. The maximum atomic E-state index is 12.1. The molecule has 5 nitrogen and oxygen atoms in total. The maximum Gasteiger partial charge on any atom is 0.261 e. The molecule has 1 aromatic heterocycles. The molecule has 0 saturated carbocycles. The lowest BCUT2D eigenvalue weighted by atomic mass is 10.1. The van der Waals surface area contributed by atoms with Gasteiger partial charge in [0.1, 0.15) is 0 Å². The molecule has 0 atom stereocenters. The Morgan fingerprint density at radius 1 is 1.00 bits per heavy atom. The van der Waals surface area contributed by atoms with Crippen molar-refractivity contribution in [2.75, 3.05) is 6.54 Å². The molecular formula is C15H12N2O3. The highest BCUT2D eigenvalue weighted by atomic mass is 16.5. The summed E-state index contributed by atoms with van der Waals surface area (Å²) in [5.74, 6) is -0.534. The van der Waals surface area contributed by atoms with E-state index < -0.39 is 0 Å². The van der Waals surface area contributed by atoms with Gasteiger partial charge in [-0.1, -0.05) is 12.1 Å². The van der Waals surface area contributed by atoms with E-state index in [0.717, 1.165) is 5.56 Å². The van der Waals surface area contributed by atoms with Crippen LogP contribution in [0.5, 0.6) is 0 Å². The molecule has 0 fully saturated rings. The second-order valence-corrected chi connectivity index (χ2v) is 4.63. The van der Waals surface area contributed by atoms with E-state index in [-0.39, 0.29) is 18.4 Å². The molecule has 1 aliphatic rings. The smallest absolute Gasteiger partial charge is 0.261 e. The van der Waals surface area contributed by atoms with Crippen LogP contribution in [-0.2, 0) is 6.42 Å². The van der Waals surface area contributed by atoms with Gasteiger partial charge in [-0.25, -0.2) is 0 Å². The molecule has 2 aromatic rings. The molecule has 0 radical (unpaired) electrons. The molecule has 0 saturated heterocycles. The summed E-state index contributed by atoms with van der Waals surface area (Å²) in [6.07, 6.45) is 3.30. The first-order valence-electron chi connectivity index (χ1n) is 6.30. The van der Waals surface area contributed by atoms with Crippen LogP contribution < -0.4 is 4.73 Å². The van der Waals surface area contributed by atoms with Gasteiger partial charge in [-0.05, 0) is 24.6 Å². The van der Waals surface area contributed by atoms with Gasteiger partial charge in [0.25, 0.3) is 11.8 Å². The van der Waals surface area contributed by atoms with Crippen LogP contribution in [0.4, 0.5) is 0 Å². The van der Waals surface area contributed by atoms with E-state index in [2.05, 4.69) is 0 Å². The summed E-state index contributed by atoms with van der Waals surface area (Å²) in [6, 6.07) is 10.2. The van der Waals surface area contributed by atoms with Crippen molar-refractivity contribution >= 4 is 11.8 Å². The molecule has 0 bridgehead atoms. The van der Waals surface area contributed by atoms with Crippen molar-refractivity contribution in [3.8, 4) is 0 Å². The zero-order chi connectivity index (χ0) is 14.1. The van der Waals surface area contributed by atoms with E-state index >= 15 is 0 Å². The number of pyridine rings is 1. The number of imide groups is 1. The van der Waals surface area contributed by atoms with E-state index in [1.54, 1.807) is 36.4 Å². The van der Waals surface area contributed by atoms with E-state index in [0.29, 0.717) is 22.3 Å². The fourth-order valence-corrected chi connectivity index (χ4v) is 2.33. The largest absolute Gasteiger partial charge is 0.619 e. The Bertz CT molecular complexity index is 662. The fraction of sp³-hybridized carbons (Fsp3) is 0.133. The third-order valence-corrected chi connectivity index (χ3v) is 3.34. The predicted molar refractivity (Wildman–Crippen MR) is 70.9 cm³/mol. The lowest BCUT2D eigenvalue weighted by molar-refractivity contribution is -0.605. The Kier molecular flexibility index (Phi) is 2.95. The molecule has 20 heavy (non-hydrogen) atoms. The van der Waals surface area contributed by atoms with Gasteiger partial charge in [0.15, 0.2) is 12.4 Å². The van der Waals surface area contributed by atoms with Gasteiger partial charge in [-0.3, -0.25) is 14.5 Å². The Morgan fingerprint density at radius 2 is 1.65 bits per heavy atom. The van der Waals surface area contributed by atoms with E-state index in [4.69, 9.17) is 0 Å². The Labute approximate surface area is 115 Å². The van der Waals surface area contributed by atoms with Crippen LogP contribution in [0.25, 0.3) is 0 Å². The third kappa shape index (κ3) is 2.03. The number of nitrogens with zero attached hydrogens (tertiary/aromatic N) is 2. The molecule has 0 aliphatic carbocycles. The number of hydrogen-bond acceptors (Lipinski definition) is 3. The summed E-state index contributed by atoms with van der Waals surface area (Å²) in [4.78, 5) is 25.5. The molecule has 0 N–H and O–H groups in total. The highest BCUT2D eigenvalue weighted by molar-refractivity contribution is 6.21. The number of carbonyl (C=O) groups is 2. The average molecular weight is 268 g/mol. The topological polar surface area (TPSA) is 64.3 Å². The number of fused-ring (bicyclic) bond motifs is 1. The number of benzene rings is 1. The normalized spacial score (nSPS) is 13.7. The van der Waals surface area contributed by atoms with Crippen molar-refractivity contribution in [1.82, 2.24) is 4.90 Å². The molecule has 5 heteroatoms. The molecule has 2 amide bonds. The summed E-state index contributed by atoms with van der Waals surface area (Å²) in [7, 11) is 0. The fourth-order valence-electron chi connectivity index (χ4n) is 2.33. The van der Waals surface area contributed by atoms with Crippen molar-refractivity contribution < 1.29 is 14.3 Å². The van der Waals surface area contributed by atoms with Crippen LogP contribution in [0.2, 0.25) is 0 Å². The standard InChI is InChI=1S/C15H12N2O3/c18-14-12-5-1-2-6-13(12)15(19)17(14)9-7-11-4-3-8-16(20)10-11/h1-6,8,10H,7,9H2. The maximum absolute atomic E-state index is 12.1. The van der Waals surface area contributed by atoms with Gasteiger partial charge in [0, 0.05) is 18.2 Å². The van der Waals surface area contributed by atoms with Crippen molar-refractivity contribution in [3.63, 3.8) is 0 Å². The van der Waals surface area contributed by atoms with Gasteiger partial charge in [-0.15, -0.1) is 0 Å². The minimum absolute atomic E-state index is 0.267. The minimum Gasteiger partial charge on any atom is -0.619 e. The SMILES string of the molecule is O=C1c2ccccc2C(=O)N1CCc1ccc[n+]([O-])c1. The van der Waals surface area contributed by atoms with Crippen molar-refractivity contribution in [3.05, 3.63) is 70.7 Å². The van der Waals surface area contributed by atoms with Gasteiger partial charge in [0.05, 0.1) is 11.1 Å². The van der Waals surface area contributed by atoms with E-state index in [9.17, 15) is 14.8 Å². The number of amides is 2. The summed E-state index contributed by atoms with van der Waals surface area (Å²) in [6.45, 7) is 0.274. The zero-order valence-electron chi connectivity index (χ0n) is 10.7. The lowest BCUT2D eigenvalue weighted by Crippen LogP contribution is -2.32. The van der Waals surface area contributed by atoms with Crippen molar-refractivity contribution in [2.24, 2.45) is 0 Å². The molecule has 0 spiro atoms.